The molecule has 1 amide bonds. The minimum absolute atomic E-state index is 0. The number of amides is 1. The summed E-state index contributed by atoms with van der Waals surface area (Å²) in [6, 6.07) is -0.0925. The quantitative estimate of drug-likeness (QED) is 0.719. The van der Waals surface area contributed by atoms with Crippen LogP contribution >= 0.6 is 24.8 Å². The molecule has 1 rings (SSSR count). The molecule has 0 spiro atoms. The molecule has 1 aliphatic heterocycles. The number of rotatable bonds is 8. The smallest absolute Gasteiger partial charge is 0.227 e. The summed E-state index contributed by atoms with van der Waals surface area (Å²) in [5, 5.41) is 0. The van der Waals surface area contributed by atoms with Crippen molar-refractivity contribution in [1.82, 2.24) is 9.80 Å². The Morgan fingerprint density at radius 3 is 2.41 bits per heavy atom. The zero-order chi connectivity index (χ0) is 15.1. The predicted molar refractivity (Wildman–Crippen MR) is 96.0 cm³/mol. The maximum atomic E-state index is 12.2. The Hall–Kier alpha value is -0.0700. The second kappa shape index (κ2) is 12.4. The largest absolute Gasteiger partial charge is 0.375 e. The Morgan fingerprint density at radius 1 is 1.32 bits per heavy atom. The van der Waals surface area contributed by atoms with Crippen LogP contribution < -0.4 is 5.73 Å². The third-order valence-corrected chi connectivity index (χ3v) is 4.29. The van der Waals surface area contributed by atoms with Gasteiger partial charge in [0.25, 0.3) is 0 Å². The van der Waals surface area contributed by atoms with E-state index >= 15 is 0 Å². The molecule has 134 valence electrons. The van der Waals surface area contributed by atoms with Gasteiger partial charge in [-0.05, 0) is 26.4 Å². The Kier molecular flexibility index (Phi) is 13.6. The van der Waals surface area contributed by atoms with Gasteiger partial charge in [-0.15, -0.1) is 24.8 Å². The van der Waals surface area contributed by atoms with Gasteiger partial charge in [-0.3, -0.25) is 4.79 Å². The SMILES string of the molecule is CCN(CC)CCOC1CCN(C(=O)C(C)C(C)N)C1.Cl.Cl. The van der Waals surface area contributed by atoms with Crippen molar-refractivity contribution in [2.75, 3.05) is 39.3 Å². The number of halogens is 2. The molecule has 5 nitrogen and oxygen atoms in total. The molecule has 0 aromatic rings. The molecule has 0 radical (unpaired) electrons. The number of carbonyl (C=O) groups excluding carboxylic acids is 1. The molecule has 0 saturated carbocycles. The number of likely N-dealkylation sites (tertiary alicyclic amines) is 1. The van der Waals surface area contributed by atoms with E-state index in [1.54, 1.807) is 0 Å². The van der Waals surface area contributed by atoms with Gasteiger partial charge in [0.05, 0.1) is 18.6 Å². The van der Waals surface area contributed by atoms with Crippen molar-refractivity contribution in [2.24, 2.45) is 11.7 Å². The van der Waals surface area contributed by atoms with Crippen LogP contribution in [0.3, 0.4) is 0 Å². The minimum Gasteiger partial charge on any atom is -0.375 e. The molecule has 3 unspecified atom stereocenters. The highest BCUT2D eigenvalue weighted by molar-refractivity contribution is 5.85. The molecule has 7 heteroatoms. The molecule has 22 heavy (non-hydrogen) atoms. The lowest BCUT2D eigenvalue weighted by Crippen LogP contribution is -2.41. The molecule has 1 fully saturated rings. The van der Waals surface area contributed by atoms with Gasteiger partial charge < -0.3 is 20.3 Å². The van der Waals surface area contributed by atoms with Crippen molar-refractivity contribution >= 4 is 30.7 Å². The van der Waals surface area contributed by atoms with Gasteiger partial charge in [0, 0.05) is 25.7 Å². The van der Waals surface area contributed by atoms with E-state index < -0.39 is 0 Å². The first-order chi connectivity index (χ1) is 9.49. The summed E-state index contributed by atoms with van der Waals surface area (Å²) < 4.78 is 5.89. The van der Waals surface area contributed by atoms with Gasteiger partial charge in [0.15, 0.2) is 0 Å². The van der Waals surface area contributed by atoms with E-state index in [0.29, 0.717) is 6.54 Å². The predicted octanol–water partition coefficient (Wildman–Crippen LogP) is 1.77. The molecule has 0 aromatic heterocycles. The Labute approximate surface area is 147 Å². The number of nitrogens with zero attached hydrogens (tertiary/aromatic N) is 2. The molecule has 1 heterocycles. The molecule has 0 aromatic carbocycles. The third kappa shape index (κ3) is 7.47. The molecule has 2 N–H and O–H groups in total. The highest BCUT2D eigenvalue weighted by Crippen LogP contribution is 2.16. The first kappa shape index (κ1) is 24.2. The number of likely N-dealkylation sites (N-methyl/N-ethyl adjacent to an activating group) is 1. The zero-order valence-corrected chi connectivity index (χ0v) is 15.9. The van der Waals surface area contributed by atoms with Crippen LogP contribution in [0.4, 0.5) is 0 Å². The highest BCUT2D eigenvalue weighted by atomic mass is 35.5. The average molecular weight is 358 g/mol. The van der Waals surface area contributed by atoms with Crippen molar-refractivity contribution in [1.29, 1.82) is 0 Å². The highest BCUT2D eigenvalue weighted by Gasteiger charge is 2.30. The monoisotopic (exact) mass is 357 g/mol. The Balaban J connectivity index is 0. The Morgan fingerprint density at radius 2 is 1.91 bits per heavy atom. The van der Waals surface area contributed by atoms with E-state index in [1.165, 1.54) is 0 Å². The first-order valence-corrected chi connectivity index (χ1v) is 7.87. The summed E-state index contributed by atoms with van der Waals surface area (Å²) >= 11 is 0. The van der Waals surface area contributed by atoms with Crippen LogP contribution in [0, 0.1) is 5.92 Å². The number of hydrogen-bond donors (Lipinski definition) is 1. The summed E-state index contributed by atoms with van der Waals surface area (Å²) in [5.41, 5.74) is 5.80. The standard InChI is InChI=1S/C15H31N3O2.2ClH/c1-5-17(6-2)9-10-20-14-7-8-18(11-14)15(19)12(3)13(4)16;;/h12-14H,5-11,16H2,1-4H3;2*1H. The lowest BCUT2D eigenvalue weighted by molar-refractivity contribution is -0.134. The first-order valence-electron chi connectivity index (χ1n) is 7.87. The van der Waals surface area contributed by atoms with E-state index in [9.17, 15) is 4.79 Å². The fourth-order valence-electron chi connectivity index (χ4n) is 2.47. The van der Waals surface area contributed by atoms with Gasteiger partial charge in [-0.25, -0.2) is 0 Å². The summed E-state index contributed by atoms with van der Waals surface area (Å²) in [6.07, 6.45) is 1.13. The van der Waals surface area contributed by atoms with Crippen LogP contribution in [0.1, 0.15) is 34.1 Å². The second-order valence-corrected chi connectivity index (χ2v) is 5.74. The number of ether oxygens (including phenoxy) is 1. The summed E-state index contributed by atoms with van der Waals surface area (Å²) in [5.74, 6) is 0.0549. The van der Waals surface area contributed by atoms with Crippen molar-refractivity contribution < 1.29 is 9.53 Å². The fraction of sp³-hybridized carbons (Fsp3) is 0.933. The molecule has 0 bridgehead atoms. The van der Waals surface area contributed by atoms with Crippen molar-refractivity contribution in [3.05, 3.63) is 0 Å². The van der Waals surface area contributed by atoms with Crippen molar-refractivity contribution in [3.8, 4) is 0 Å². The normalized spacial score (nSPS) is 20.3. The van der Waals surface area contributed by atoms with E-state index in [2.05, 4.69) is 18.7 Å². The van der Waals surface area contributed by atoms with Gasteiger partial charge >= 0.3 is 0 Å². The van der Waals surface area contributed by atoms with Gasteiger partial charge in [0.1, 0.15) is 0 Å². The van der Waals surface area contributed by atoms with Gasteiger partial charge in [-0.2, -0.15) is 0 Å². The molecule has 1 saturated heterocycles. The van der Waals surface area contributed by atoms with Crippen LogP contribution in [0.15, 0.2) is 0 Å². The fourth-order valence-corrected chi connectivity index (χ4v) is 2.47. The molecule has 0 aliphatic carbocycles. The second-order valence-electron chi connectivity index (χ2n) is 5.74. The van der Waals surface area contributed by atoms with E-state index in [-0.39, 0.29) is 48.8 Å². The molecular weight excluding hydrogens is 325 g/mol. The van der Waals surface area contributed by atoms with Crippen LogP contribution in [-0.2, 0) is 9.53 Å². The van der Waals surface area contributed by atoms with E-state index in [1.807, 2.05) is 18.7 Å². The number of nitrogens with two attached hydrogens (primary N) is 1. The summed E-state index contributed by atoms with van der Waals surface area (Å²) in [4.78, 5) is 16.4. The average Bonchev–Trinajstić information content (AvgIpc) is 2.90. The summed E-state index contributed by atoms with van der Waals surface area (Å²) in [7, 11) is 0. The van der Waals surface area contributed by atoms with Crippen molar-refractivity contribution in [2.45, 2.75) is 46.3 Å². The third-order valence-electron chi connectivity index (χ3n) is 4.29. The van der Waals surface area contributed by atoms with E-state index in [0.717, 1.165) is 39.2 Å². The summed E-state index contributed by atoms with van der Waals surface area (Å²) in [6.45, 7) is 13.5. The van der Waals surface area contributed by atoms with Gasteiger partial charge in [0.2, 0.25) is 5.91 Å². The molecule has 1 aliphatic rings. The Bertz CT molecular complexity index is 303. The van der Waals surface area contributed by atoms with Crippen LogP contribution in [0.5, 0.6) is 0 Å². The zero-order valence-electron chi connectivity index (χ0n) is 14.3. The topological polar surface area (TPSA) is 58.8 Å². The maximum absolute atomic E-state index is 12.2. The van der Waals surface area contributed by atoms with Crippen molar-refractivity contribution in [3.63, 3.8) is 0 Å². The van der Waals surface area contributed by atoms with Gasteiger partial charge in [-0.1, -0.05) is 20.8 Å². The minimum atomic E-state index is -0.107. The number of hydrogen-bond acceptors (Lipinski definition) is 4. The number of carbonyl (C=O) groups is 1. The van der Waals surface area contributed by atoms with Crippen LogP contribution in [-0.4, -0.2) is 67.2 Å². The van der Waals surface area contributed by atoms with Crippen LogP contribution in [0.2, 0.25) is 0 Å². The lowest BCUT2D eigenvalue weighted by atomic mass is 10.0. The lowest BCUT2D eigenvalue weighted by Gasteiger charge is -2.23. The molecule has 3 atom stereocenters. The van der Waals surface area contributed by atoms with E-state index in [4.69, 9.17) is 10.5 Å². The molecular formula is C15H33Cl2N3O2. The maximum Gasteiger partial charge on any atom is 0.227 e. The van der Waals surface area contributed by atoms with Crippen LogP contribution in [0.25, 0.3) is 0 Å².